The van der Waals surface area contributed by atoms with E-state index in [2.05, 4.69) is 17.6 Å². The number of unbranched alkanes of at least 4 members (excludes halogenated alkanes) is 1. The average molecular weight is 236 g/mol. The first kappa shape index (κ1) is 12.2. The molecule has 2 rings (SSSR count). The average Bonchev–Trinajstić information content (AvgIpc) is 2.82. The van der Waals surface area contributed by atoms with Crippen LogP contribution in [0.15, 0.2) is 16.5 Å². The molecule has 0 aliphatic carbocycles. The van der Waals surface area contributed by atoms with E-state index in [9.17, 15) is 4.79 Å². The minimum Gasteiger partial charge on any atom is -0.462 e. The summed E-state index contributed by atoms with van der Waals surface area (Å²) < 4.78 is 5.59. The number of amides is 1. The Morgan fingerprint density at radius 2 is 2.24 bits per heavy atom. The van der Waals surface area contributed by atoms with E-state index >= 15 is 0 Å². The molecule has 0 bridgehead atoms. The quantitative estimate of drug-likeness (QED) is 0.841. The summed E-state index contributed by atoms with van der Waals surface area (Å²) in [4.78, 5) is 11.9. The Kier molecular flexibility index (Phi) is 3.24. The fraction of sp³-hybridized carbons (Fsp3) is 0.615. The first-order valence-electron chi connectivity index (χ1n) is 6.22. The van der Waals surface area contributed by atoms with Crippen LogP contribution in [-0.4, -0.2) is 11.9 Å². The summed E-state index contributed by atoms with van der Waals surface area (Å²) in [5.41, 5.74) is -0.566. The predicted octanol–water partition coefficient (Wildman–Crippen LogP) is 2.04. The maximum absolute atomic E-state index is 11.9. The molecule has 2 atom stereocenters. The van der Waals surface area contributed by atoms with Gasteiger partial charge in [-0.2, -0.15) is 0 Å². The summed E-state index contributed by atoms with van der Waals surface area (Å²) in [7, 11) is 0. The van der Waals surface area contributed by atoms with Crippen LogP contribution < -0.4 is 10.6 Å². The summed E-state index contributed by atoms with van der Waals surface area (Å²) >= 11 is 0. The lowest BCUT2D eigenvalue weighted by atomic mass is 10.1. The van der Waals surface area contributed by atoms with Crippen molar-refractivity contribution < 1.29 is 9.21 Å². The summed E-state index contributed by atoms with van der Waals surface area (Å²) in [5.74, 6) is 1.69. The molecule has 17 heavy (non-hydrogen) atoms. The van der Waals surface area contributed by atoms with Gasteiger partial charge in [0, 0.05) is 0 Å². The molecule has 1 unspecified atom stereocenters. The molecule has 1 amide bonds. The van der Waals surface area contributed by atoms with E-state index in [0.717, 1.165) is 30.8 Å². The highest BCUT2D eigenvalue weighted by atomic mass is 16.3. The van der Waals surface area contributed by atoms with Gasteiger partial charge in [-0.25, -0.2) is 0 Å². The fourth-order valence-corrected chi connectivity index (χ4v) is 2.23. The lowest BCUT2D eigenvalue weighted by Gasteiger charge is -2.22. The van der Waals surface area contributed by atoms with E-state index < -0.39 is 5.66 Å². The smallest absolute Gasteiger partial charge is 0.238 e. The molecule has 2 N–H and O–H groups in total. The van der Waals surface area contributed by atoms with Gasteiger partial charge >= 0.3 is 0 Å². The lowest BCUT2D eigenvalue weighted by Crippen LogP contribution is -2.44. The second kappa shape index (κ2) is 4.53. The first-order valence-corrected chi connectivity index (χ1v) is 6.22. The second-order valence-electron chi connectivity index (χ2n) is 4.86. The van der Waals surface area contributed by atoms with Gasteiger partial charge in [-0.3, -0.25) is 10.1 Å². The molecule has 94 valence electrons. The van der Waals surface area contributed by atoms with Crippen LogP contribution in [0.4, 0.5) is 0 Å². The van der Waals surface area contributed by atoms with E-state index in [0.29, 0.717) is 0 Å². The summed E-state index contributed by atoms with van der Waals surface area (Å²) in [6, 6.07) is 3.71. The minimum absolute atomic E-state index is 0.0648. The van der Waals surface area contributed by atoms with Crippen LogP contribution in [0.5, 0.6) is 0 Å². The standard InChI is InChI=1S/C13H20N2O2/c1-4-5-6-10-12(16)15-13(3,14-10)11-8-7-9(2)17-11/h7-8,10,14H,4-6H2,1-3H3,(H,15,16)/t10-,13?/m1/s1. The summed E-state index contributed by atoms with van der Waals surface area (Å²) in [6.07, 6.45) is 3.03. The van der Waals surface area contributed by atoms with Gasteiger partial charge in [0.25, 0.3) is 0 Å². The van der Waals surface area contributed by atoms with Crippen molar-refractivity contribution in [1.82, 2.24) is 10.6 Å². The monoisotopic (exact) mass is 236 g/mol. The van der Waals surface area contributed by atoms with Crippen LogP contribution in [0.1, 0.15) is 44.6 Å². The van der Waals surface area contributed by atoms with E-state index in [-0.39, 0.29) is 11.9 Å². The lowest BCUT2D eigenvalue weighted by molar-refractivity contribution is -0.121. The number of furan rings is 1. The van der Waals surface area contributed by atoms with Crippen LogP contribution >= 0.6 is 0 Å². The number of hydrogen-bond acceptors (Lipinski definition) is 3. The highest BCUT2D eigenvalue weighted by molar-refractivity contribution is 5.85. The van der Waals surface area contributed by atoms with E-state index in [1.54, 1.807) is 0 Å². The van der Waals surface area contributed by atoms with Crippen molar-refractivity contribution in [3.63, 3.8) is 0 Å². The molecule has 1 aliphatic rings. The zero-order valence-corrected chi connectivity index (χ0v) is 10.7. The third kappa shape index (κ3) is 2.36. The normalized spacial score (nSPS) is 28.4. The van der Waals surface area contributed by atoms with Gasteiger partial charge in [0.2, 0.25) is 5.91 Å². The third-order valence-corrected chi connectivity index (χ3v) is 3.23. The molecule has 1 aromatic rings. The van der Waals surface area contributed by atoms with E-state index in [1.165, 1.54) is 0 Å². The number of hydrogen-bond donors (Lipinski definition) is 2. The number of rotatable bonds is 4. The zero-order chi connectivity index (χ0) is 12.5. The molecule has 0 radical (unpaired) electrons. The highest BCUT2D eigenvalue weighted by Gasteiger charge is 2.42. The SMILES string of the molecule is CCCC[C@H]1NC(C)(c2ccc(C)o2)NC1=O. The Hall–Kier alpha value is -1.29. The van der Waals surface area contributed by atoms with Gasteiger partial charge in [-0.05, 0) is 32.4 Å². The number of aryl methyl sites for hydroxylation is 1. The van der Waals surface area contributed by atoms with Crippen LogP contribution in [0, 0.1) is 6.92 Å². The van der Waals surface area contributed by atoms with Crippen molar-refractivity contribution in [2.24, 2.45) is 0 Å². The Balaban J connectivity index is 2.11. The van der Waals surface area contributed by atoms with Crippen molar-refractivity contribution in [3.05, 3.63) is 23.7 Å². The fourth-order valence-electron chi connectivity index (χ4n) is 2.23. The number of carbonyl (C=O) groups is 1. The molecular weight excluding hydrogens is 216 g/mol. The van der Waals surface area contributed by atoms with E-state index in [4.69, 9.17) is 4.42 Å². The van der Waals surface area contributed by atoms with Crippen LogP contribution in [-0.2, 0) is 10.5 Å². The number of nitrogens with one attached hydrogen (secondary N) is 2. The molecule has 4 heteroatoms. The molecule has 1 aliphatic heterocycles. The maximum Gasteiger partial charge on any atom is 0.238 e. The Morgan fingerprint density at radius 3 is 2.82 bits per heavy atom. The third-order valence-electron chi connectivity index (χ3n) is 3.23. The molecule has 1 fully saturated rings. The molecule has 0 aromatic carbocycles. The van der Waals surface area contributed by atoms with Gasteiger partial charge in [-0.15, -0.1) is 0 Å². The first-order chi connectivity index (χ1) is 8.05. The molecule has 1 aromatic heterocycles. The molecule has 2 heterocycles. The van der Waals surface area contributed by atoms with Crippen LogP contribution in [0.2, 0.25) is 0 Å². The Labute approximate surface area is 102 Å². The Bertz CT molecular complexity index is 413. The molecule has 4 nitrogen and oxygen atoms in total. The van der Waals surface area contributed by atoms with Gasteiger partial charge in [0.05, 0.1) is 6.04 Å². The summed E-state index contributed by atoms with van der Waals surface area (Å²) in [6.45, 7) is 5.97. The highest BCUT2D eigenvalue weighted by Crippen LogP contribution is 2.26. The predicted molar refractivity (Wildman–Crippen MR) is 65.4 cm³/mol. The van der Waals surface area contributed by atoms with Crippen LogP contribution in [0.3, 0.4) is 0 Å². The van der Waals surface area contributed by atoms with Gasteiger partial charge in [-0.1, -0.05) is 19.8 Å². The minimum atomic E-state index is -0.566. The second-order valence-corrected chi connectivity index (χ2v) is 4.86. The molecular formula is C13H20N2O2. The maximum atomic E-state index is 11.9. The van der Waals surface area contributed by atoms with Crippen molar-refractivity contribution in [1.29, 1.82) is 0 Å². The van der Waals surface area contributed by atoms with Crippen molar-refractivity contribution in [2.75, 3.05) is 0 Å². The van der Waals surface area contributed by atoms with Crippen molar-refractivity contribution >= 4 is 5.91 Å². The molecule has 1 saturated heterocycles. The topological polar surface area (TPSA) is 54.3 Å². The van der Waals surface area contributed by atoms with Gasteiger partial charge in [0.15, 0.2) is 0 Å². The Morgan fingerprint density at radius 1 is 1.47 bits per heavy atom. The molecule has 0 spiro atoms. The van der Waals surface area contributed by atoms with Crippen LogP contribution in [0.25, 0.3) is 0 Å². The van der Waals surface area contributed by atoms with Gasteiger partial charge < -0.3 is 9.73 Å². The zero-order valence-electron chi connectivity index (χ0n) is 10.7. The number of carbonyl (C=O) groups excluding carboxylic acids is 1. The van der Waals surface area contributed by atoms with E-state index in [1.807, 2.05) is 26.0 Å². The van der Waals surface area contributed by atoms with Crippen molar-refractivity contribution in [2.45, 2.75) is 51.7 Å². The summed E-state index contributed by atoms with van der Waals surface area (Å²) in [5, 5.41) is 6.30. The van der Waals surface area contributed by atoms with Gasteiger partial charge in [0.1, 0.15) is 17.2 Å². The molecule has 0 saturated carbocycles. The van der Waals surface area contributed by atoms with Crippen molar-refractivity contribution in [3.8, 4) is 0 Å². The largest absolute Gasteiger partial charge is 0.462 e.